The van der Waals surface area contributed by atoms with Gasteiger partial charge < -0.3 is 9.15 Å². The molecule has 0 unspecified atom stereocenters. The summed E-state index contributed by atoms with van der Waals surface area (Å²) in [6, 6.07) is 7.67. The lowest BCUT2D eigenvalue weighted by atomic mass is 10.1. The first-order chi connectivity index (χ1) is 8.20. The zero-order valence-electron chi connectivity index (χ0n) is 9.86. The van der Waals surface area contributed by atoms with Crippen LogP contribution < -0.4 is 4.74 Å². The van der Waals surface area contributed by atoms with E-state index in [1.807, 2.05) is 32.0 Å². The van der Waals surface area contributed by atoms with Gasteiger partial charge in [-0.15, -0.1) is 0 Å². The molecule has 1 heterocycles. The van der Waals surface area contributed by atoms with Crippen LogP contribution in [0.5, 0.6) is 5.75 Å². The van der Waals surface area contributed by atoms with Gasteiger partial charge in [-0.05, 0) is 43.2 Å². The van der Waals surface area contributed by atoms with Crippen LogP contribution in [0.25, 0.3) is 0 Å². The quantitative estimate of drug-likeness (QED) is 0.807. The van der Waals surface area contributed by atoms with Crippen LogP contribution in [0, 0.1) is 25.2 Å². The minimum absolute atomic E-state index is 0.476. The van der Waals surface area contributed by atoms with Crippen molar-refractivity contribution in [2.75, 3.05) is 0 Å². The number of furan rings is 1. The number of ether oxygens (including phenoxy) is 1. The summed E-state index contributed by atoms with van der Waals surface area (Å²) in [5.74, 6) is 0.838. The van der Waals surface area contributed by atoms with Crippen LogP contribution in [0.1, 0.15) is 22.3 Å². The highest BCUT2D eigenvalue weighted by Gasteiger charge is 2.07. The fourth-order valence-electron chi connectivity index (χ4n) is 1.77. The Balaban J connectivity index is 2.19. The van der Waals surface area contributed by atoms with Crippen molar-refractivity contribution in [3.63, 3.8) is 0 Å². The van der Waals surface area contributed by atoms with Crippen LogP contribution in [-0.2, 0) is 6.61 Å². The molecule has 3 heteroatoms. The van der Waals surface area contributed by atoms with Crippen molar-refractivity contribution in [2.45, 2.75) is 20.5 Å². The summed E-state index contributed by atoms with van der Waals surface area (Å²) in [4.78, 5) is 0. The van der Waals surface area contributed by atoms with E-state index in [4.69, 9.17) is 14.4 Å². The third kappa shape index (κ3) is 2.48. The first-order valence-corrected chi connectivity index (χ1v) is 5.36. The largest absolute Gasteiger partial charge is 0.488 e. The van der Waals surface area contributed by atoms with Gasteiger partial charge >= 0.3 is 0 Å². The van der Waals surface area contributed by atoms with Crippen molar-refractivity contribution in [2.24, 2.45) is 0 Å². The average Bonchev–Trinajstić information content (AvgIpc) is 2.80. The maximum absolute atomic E-state index is 8.85. The molecule has 2 aromatic rings. The van der Waals surface area contributed by atoms with E-state index < -0.39 is 0 Å². The number of nitrogens with zero attached hydrogens (tertiary/aromatic N) is 1. The fourth-order valence-corrected chi connectivity index (χ4v) is 1.77. The molecule has 1 aromatic heterocycles. The van der Waals surface area contributed by atoms with Gasteiger partial charge in [-0.25, -0.2) is 0 Å². The first-order valence-electron chi connectivity index (χ1n) is 5.36. The van der Waals surface area contributed by atoms with Gasteiger partial charge in [-0.3, -0.25) is 0 Å². The van der Waals surface area contributed by atoms with Gasteiger partial charge in [0.15, 0.2) is 0 Å². The Kier molecular flexibility index (Phi) is 3.15. The van der Waals surface area contributed by atoms with Gasteiger partial charge in [-0.1, -0.05) is 0 Å². The monoisotopic (exact) mass is 227 g/mol. The molecule has 86 valence electrons. The Bertz CT molecular complexity index is 527. The summed E-state index contributed by atoms with van der Waals surface area (Å²) < 4.78 is 10.7. The minimum Gasteiger partial charge on any atom is -0.488 e. The lowest BCUT2D eigenvalue weighted by Gasteiger charge is -2.11. The Morgan fingerprint density at radius 2 is 2.00 bits per heavy atom. The van der Waals surface area contributed by atoms with Crippen LogP contribution in [0.2, 0.25) is 0 Å². The van der Waals surface area contributed by atoms with Crippen molar-refractivity contribution in [3.8, 4) is 11.8 Å². The van der Waals surface area contributed by atoms with E-state index >= 15 is 0 Å². The predicted molar refractivity (Wildman–Crippen MR) is 63.7 cm³/mol. The number of nitriles is 1. The third-order valence-corrected chi connectivity index (χ3v) is 2.55. The maximum atomic E-state index is 8.85. The molecule has 0 aliphatic carbocycles. The van der Waals surface area contributed by atoms with Crippen molar-refractivity contribution < 1.29 is 9.15 Å². The van der Waals surface area contributed by atoms with E-state index in [9.17, 15) is 0 Å². The highest BCUT2D eigenvalue weighted by Crippen LogP contribution is 2.25. The molecule has 0 saturated carbocycles. The molecule has 17 heavy (non-hydrogen) atoms. The van der Waals surface area contributed by atoms with Crippen LogP contribution in [-0.4, -0.2) is 0 Å². The van der Waals surface area contributed by atoms with E-state index in [-0.39, 0.29) is 0 Å². The van der Waals surface area contributed by atoms with E-state index in [0.29, 0.717) is 12.2 Å². The number of hydrogen-bond donors (Lipinski definition) is 0. The summed E-state index contributed by atoms with van der Waals surface area (Å²) in [7, 11) is 0. The molecule has 0 amide bonds. The molecule has 0 saturated heterocycles. The van der Waals surface area contributed by atoms with Gasteiger partial charge in [0.2, 0.25) is 0 Å². The Labute approximate surface area is 100 Å². The average molecular weight is 227 g/mol. The molecule has 3 nitrogen and oxygen atoms in total. The number of aryl methyl sites for hydroxylation is 2. The second kappa shape index (κ2) is 4.75. The number of hydrogen-bond acceptors (Lipinski definition) is 3. The third-order valence-electron chi connectivity index (χ3n) is 2.55. The molecular weight excluding hydrogens is 214 g/mol. The predicted octanol–water partition coefficient (Wildman–Crippen LogP) is 3.35. The molecule has 0 bridgehead atoms. The summed E-state index contributed by atoms with van der Waals surface area (Å²) in [5, 5.41) is 8.85. The summed E-state index contributed by atoms with van der Waals surface area (Å²) in [6.07, 6.45) is 3.28. The second-order valence-electron chi connectivity index (χ2n) is 3.97. The van der Waals surface area contributed by atoms with Crippen LogP contribution in [0.3, 0.4) is 0 Å². The van der Waals surface area contributed by atoms with Gasteiger partial charge in [0.25, 0.3) is 0 Å². The minimum atomic E-state index is 0.476. The van der Waals surface area contributed by atoms with Crippen LogP contribution >= 0.6 is 0 Å². The Morgan fingerprint density at radius 3 is 2.53 bits per heavy atom. The zero-order valence-corrected chi connectivity index (χ0v) is 9.86. The van der Waals surface area contributed by atoms with Crippen LogP contribution in [0.4, 0.5) is 0 Å². The summed E-state index contributed by atoms with van der Waals surface area (Å²) in [6.45, 7) is 4.36. The number of rotatable bonds is 3. The van der Waals surface area contributed by atoms with Gasteiger partial charge in [0.05, 0.1) is 24.2 Å². The maximum Gasteiger partial charge on any atom is 0.125 e. The molecule has 0 atom stereocenters. The van der Waals surface area contributed by atoms with Gasteiger partial charge in [0.1, 0.15) is 12.4 Å². The zero-order chi connectivity index (χ0) is 12.3. The molecule has 0 aliphatic rings. The van der Waals surface area contributed by atoms with E-state index in [2.05, 4.69) is 6.07 Å². The molecule has 0 fully saturated rings. The normalized spacial score (nSPS) is 9.94. The van der Waals surface area contributed by atoms with Gasteiger partial charge in [-0.2, -0.15) is 5.26 Å². The first kappa shape index (κ1) is 11.3. The summed E-state index contributed by atoms with van der Waals surface area (Å²) in [5.41, 5.74) is 3.61. The lowest BCUT2D eigenvalue weighted by molar-refractivity contribution is 0.300. The fraction of sp³-hybridized carbons (Fsp3) is 0.214. The molecule has 1 aromatic carbocycles. The Morgan fingerprint density at radius 1 is 1.29 bits per heavy atom. The molecule has 0 spiro atoms. The standard InChI is InChI=1S/C14H13NO2/c1-10-5-13(7-15)6-11(2)14(10)17-9-12-3-4-16-8-12/h3-6,8H,9H2,1-2H3. The van der Waals surface area contributed by atoms with Crippen molar-refractivity contribution in [1.82, 2.24) is 0 Å². The smallest absolute Gasteiger partial charge is 0.125 e. The van der Waals surface area contributed by atoms with Crippen molar-refractivity contribution >= 4 is 0 Å². The second-order valence-corrected chi connectivity index (χ2v) is 3.97. The summed E-state index contributed by atoms with van der Waals surface area (Å²) >= 11 is 0. The molecule has 0 aliphatic heterocycles. The van der Waals surface area contributed by atoms with Crippen molar-refractivity contribution in [1.29, 1.82) is 5.26 Å². The SMILES string of the molecule is Cc1cc(C#N)cc(C)c1OCc1ccoc1. The highest BCUT2D eigenvalue weighted by atomic mass is 16.5. The Hall–Kier alpha value is -2.21. The molecule has 2 rings (SSSR count). The van der Waals surface area contributed by atoms with Crippen molar-refractivity contribution in [3.05, 3.63) is 53.0 Å². The highest BCUT2D eigenvalue weighted by molar-refractivity contribution is 5.47. The molecule has 0 N–H and O–H groups in total. The molecule has 0 radical (unpaired) electrons. The van der Waals surface area contributed by atoms with Gasteiger partial charge in [0, 0.05) is 5.56 Å². The molecular formula is C14H13NO2. The van der Waals surface area contributed by atoms with E-state index in [0.717, 1.165) is 22.4 Å². The van der Waals surface area contributed by atoms with E-state index in [1.54, 1.807) is 12.5 Å². The number of benzene rings is 1. The lowest BCUT2D eigenvalue weighted by Crippen LogP contribution is -1.98. The van der Waals surface area contributed by atoms with E-state index in [1.165, 1.54) is 0 Å². The van der Waals surface area contributed by atoms with Crippen LogP contribution in [0.15, 0.2) is 35.1 Å². The topological polar surface area (TPSA) is 46.2 Å².